The smallest absolute Gasteiger partial charge is 0.0785 e. The summed E-state index contributed by atoms with van der Waals surface area (Å²) in [4.78, 5) is 5.21. The van der Waals surface area contributed by atoms with E-state index in [9.17, 15) is 0 Å². The van der Waals surface area contributed by atoms with Gasteiger partial charge in [-0.1, -0.05) is 152 Å². The van der Waals surface area contributed by atoms with Crippen molar-refractivity contribution in [2.45, 2.75) is 25.3 Å². The zero-order chi connectivity index (χ0) is 45.9. The molecule has 0 bridgehead atoms. The number of benzene rings is 8. The van der Waals surface area contributed by atoms with Crippen LogP contribution in [0.2, 0.25) is 0 Å². The highest BCUT2D eigenvalue weighted by atomic mass is 15.1. The Hall–Kier alpha value is -8.93. The third-order valence-electron chi connectivity index (χ3n) is 15.0. The first-order chi connectivity index (χ1) is 34.8. The summed E-state index contributed by atoms with van der Waals surface area (Å²) < 4.78 is 10.1. The van der Waals surface area contributed by atoms with Crippen LogP contribution in [0.4, 0.5) is 0 Å². The molecular weight excluding hydrogens is 851 g/mol. The average Bonchev–Trinajstić information content (AvgIpc) is 4.17. The molecule has 13 aromatic rings. The molecule has 5 heteroatoms. The fourth-order valence-electron chi connectivity index (χ4n) is 12.1. The SMILES string of the molecule is C1=CC(c2cccc(-c3cccc(-n4c5ccccc5c5ccc6c(c7ccccc7n6C6=CC(n7c8ccccc8c8ccc9c%10ccccc%10n(-c%10ccccc%10)c9c87)CC=C6)c54)c3)n2)=CCC1. The van der Waals surface area contributed by atoms with E-state index < -0.39 is 0 Å². The van der Waals surface area contributed by atoms with Gasteiger partial charge in [0.2, 0.25) is 0 Å². The number of pyridine rings is 1. The molecule has 2 aliphatic carbocycles. The average molecular weight is 896 g/mol. The van der Waals surface area contributed by atoms with Crippen LogP contribution in [0.15, 0.2) is 231 Å². The third-order valence-corrected chi connectivity index (χ3v) is 15.0. The number of rotatable bonds is 6. The van der Waals surface area contributed by atoms with Crippen LogP contribution in [0, 0.1) is 0 Å². The van der Waals surface area contributed by atoms with Crippen LogP contribution in [-0.4, -0.2) is 23.3 Å². The summed E-state index contributed by atoms with van der Waals surface area (Å²) in [6.07, 6.45) is 17.0. The Morgan fingerprint density at radius 3 is 1.76 bits per heavy atom. The number of hydrogen-bond donors (Lipinski definition) is 0. The Kier molecular flexibility index (Phi) is 8.54. The van der Waals surface area contributed by atoms with E-state index in [1.165, 1.54) is 98.5 Å². The second kappa shape index (κ2) is 15.3. The van der Waals surface area contributed by atoms with Crippen LogP contribution in [0.1, 0.15) is 31.0 Å². The van der Waals surface area contributed by atoms with Crippen LogP contribution in [0.3, 0.4) is 0 Å². The van der Waals surface area contributed by atoms with E-state index in [1.54, 1.807) is 0 Å². The van der Waals surface area contributed by atoms with Crippen molar-refractivity contribution in [3.05, 3.63) is 236 Å². The molecule has 0 amide bonds. The Morgan fingerprint density at radius 1 is 0.400 bits per heavy atom. The molecule has 0 aliphatic heterocycles. The minimum atomic E-state index is 0.0434. The van der Waals surface area contributed by atoms with Crippen molar-refractivity contribution in [3.8, 4) is 22.6 Å². The molecule has 1 unspecified atom stereocenters. The van der Waals surface area contributed by atoms with E-state index in [4.69, 9.17) is 4.98 Å². The molecule has 5 aromatic heterocycles. The fraction of sp³-hybridized carbons (Fsp3) is 0.0615. The van der Waals surface area contributed by atoms with Crippen molar-refractivity contribution in [1.82, 2.24) is 23.3 Å². The normalized spacial score (nSPS) is 15.2. The van der Waals surface area contributed by atoms with Crippen LogP contribution in [-0.2, 0) is 0 Å². The van der Waals surface area contributed by atoms with Crippen molar-refractivity contribution in [3.63, 3.8) is 0 Å². The first kappa shape index (κ1) is 39.1. The van der Waals surface area contributed by atoms with Crippen molar-refractivity contribution < 1.29 is 0 Å². The molecule has 1 atom stereocenters. The standard InChI is InChI=1S/C65H45N5/c1-3-18-42(19-4-1)55-30-17-31-56(66-55)43-20-15-23-45(40-43)69-58-33-12-7-26-48(58)51-38-39-61-62(63(51)69)54-29-10-14-35-60(54)67(61)46-24-16-25-47(41-46)70-59-34-13-9-28-50(59)53-37-36-52-49-27-8-11-32-57(49)68(64(52)65(53)70)44-21-5-2-6-22-44/h2-3,5-24,26-41,47H,1,4,25H2. The quantitative estimate of drug-likeness (QED) is 0.164. The topological polar surface area (TPSA) is 32.6 Å². The Balaban J connectivity index is 0.960. The van der Waals surface area contributed by atoms with E-state index in [1.807, 2.05) is 0 Å². The summed E-state index contributed by atoms with van der Waals surface area (Å²) in [6, 6.07) is 71.4. The van der Waals surface area contributed by atoms with Gasteiger partial charge in [0.1, 0.15) is 0 Å². The molecule has 8 aromatic carbocycles. The molecule has 70 heavy (non-hydrogen) atoms. The highest BCUT2D eigenvalue weighted by molar-refractivity contribution is 6.27. The highest BCUT2D eigenvalue weighted by Crippen LogP contribution is 2.46. The number of fused-ring (bicyclic) bond motifs is 14. The maximum Gasteiger partial charge on any atom is 0.0785 e. The van der Waals surface area contributed by atoms with Crippen molar-refractivity contribution in [2.75, 3.05) is 0 Å². The van der Waals surface area contributed by atoms with E-state index in [-0.39, 0.29) is 6.04 Å². The highest BCUT2D eigenvalue weighted by Gasteiger charge is 2.26. The number of hydrogen-bond acceptors (Lipinski definition) is 1. The summed E-state index contributed by atoms with van der Waals surface area (Å²) in [5.74, 6) is 0. The fourth-order valence-corrected chi connectivity index (χ4v) is 12.1. The summed E-state index contributed by atoms with van der Waals surface area (Å²) in [7, 11) is 0. The molecule has 15 rings (SSSR count). The lowest BCUT2D eigenvalue weighted by molar-refractivity contribution is 0.648. The van der Waals surface area contributed by atoms with Gasteiger partial charge in [0.15, 0.2) is 0 Å². The molecule has 0 saturated carbocycles. The zero-order valence-electron chi connectivity index (χ0n) is 38.4. The number of nitrogens with zero attached hydrogens (tertiary/aromatic N) is 5. The van der Waals surface area contributed by atoms with Gasteiger partial charge >= 0.3 is 0 Å². The number of allylic oxidation sites excluding steroid dienone is 8. The monoisotopic (exact) mass is 895 g/mol. The number of aromatic nitrogens is 5. The lowest BCUT2D eigenvalue weighted by Crippen LogP contribution is -2.11. The largest absolute Gasteiger partial charge is 0.331 e. The second-order valence-electron chi connectivity index (χ2n) is 18.9. The minimum absolute atomic E-state index is 0.0434. The summed E-state index contributed by atoms with van der Waals surface area (Å²) in [6.45, 7) is 0. The van der Waals surface area contributed by atoms with Crippen LogP contribution in [0.5, 0.6) is 0 Å². The second-order valence-corrected chi connectivity index (χ2v) is 18.9. The van der Waals surface area contributed by atoms with Crippen molar-refractivity contribution >= 4 is 98.5 Å². The first-order valence-electron chi connectivity index (χ1n) is 24.6. The lowest BCUT2D eigenvalue weighted by Gasteiger charge is -2.23. The molecule has 5 nitrogen and oxygen atoms in total. The maximum atomic E-state index is 5.21. The van der Waals surface area contributed by atoms with Crippen LogP contribution >= 0.6 is 0 Å². The molecule has 0 saturated heterocycles. The van der Waals surface area contributed by atoms with Gasteiger partial charge in [-0.2, -0.15) is 0 Å². The van der Waals surface area contributed by atoms with Gasteiger partial charge in [-0.3, -0.25) is 0 Å². The predicted molar refractivity (Wildman–Crippen MR) is 294 cm³/mol. The molecule has 5 heterocycles. The summed E-state index contributed by atoms with van der Waals surface area (Å²) in [5, 5.41) is 10.0. The first-order valence-corrected chi connectivity index (χ1v) is 24.6. The zero-order valence-corrected chi connectivity index (χ0v) is 38.4. The number of para-hydroxylation sites is 5. The van der Waals surface area contributed by atoms with Gasteiger partial charge in [0, 0.05) is 71.2 Å². The maximum absolute atomic E-state index is 5.21. The van der Waals surface area contributed by atoms with Gasteiger partial charge in [-0.15, -0.1) is 0 Å². The van der Waals surface area contributed by atoms with E-state index in [0.29, 0.717) is 0 Å². The third kappa shape index (κ3) is 5.69. The van der Waals surface area contributed by atoms with Crippen LogP contribution in [0.25, 0.3) is 121 Å². The Labute approximate surface area is 404 Å². The van der Waals surface area contributed by atoms with E-state index in [0.717, 1.165) is 47.6 Å². The predicted octanol–water partition coefficient (Wildman–Crippen LogP) is 16.9. The lowest BCUT2D eigenvalue weighted by atomic mass is 10.0. The van der Waals surface area contributed by atoms with E-state index in [2.05, 4.69) is 249 Å². The van der Waals surface area contributed by atoms with Gasteiger partial charge in [0.25, 0.3) is 0 Å². The summed E-state index contributed by atoms with van der Waals surface area (Å²) in [5.41, 5.74) is 17.4. The summed E-state index contributed by atoms with van der Waals surface area (Å²) >= 11 is 0. The van der Waals surface area contributed by atoms with Gasteiger partial charge in [-0.05, 0) is 104 Å². The minimum Gasteiger partial charge on any atom is -0.331 e. The molecule has 0 fully saturated rings. The molecule has 2 aliphatic rings. The molecule has 0 spiro atoms. The van der Waals surface area contributed by atoms with Crippen molar-refractivity contribution in [1.29, 1.82) is 0 Å². The molecule has 0 radical (unpaired) electrons. The Bertz CT molecular complexity index is 4450. The molecule has 0 N–H and O–H groups in total. The molecular formula is C65H45N5. The van der Waals surface area contributed by atoms with Crippen molar-refractivity contribution in [2.24, 2.45) is 0 Å². The Morgan fingerprint density at radius 2 is 1.00 bits per heavy atom. The molecule has 330 valence electrons. The van der Waals surface area contributed by atoms with Gasteiger partial charge in [0.05, 0.1) is 56.0 Å². The van der Waals surface area contributed by atoms with Gasteiger partial charge < -0.3 is 18.3 Å². The van der Waals surface area contributed by atoms with E-state index >= 15 is 0 Å². The van der Waals surface area contributed by atoms with Gasteiger partial charge in [-0.25, -0.2) is 4.98 Å². The van der Waals surface area contributed by atoms with Crippen LogP contribution < -0.4 is 0 Å².